The smallest absolute Gasteiger partial charge is 0.238 e. The Morgan fingerprint density at radius 3 is 1.75 bits per heavy atom. The van der Waals surface area contributed by atoms with E-state index in [2.05, 4.69) is 198 Å². The van der Waals surface area contributed by atoms with Crippen LogP contribution in [-0.4, -0.2) is 19.5 Å². The van der Waals surface area contributed by atoms with Crippen LogP contribution in [0.1, 0.15) is 0 Å². The largest absolute Gasteiger partial charge is 0.308 e. The Labute approximate surface area is 357 Å². The second-order valence-corrected chi connectivity index (χ2v) is 16.3. The van der Waals surface area contributed by atoms with Crippen LogP contribution in [-0.2, 0) is 0 Å². The van der Waals surface area contributed by atoms with Crippen LogP contribution in [0.4, 0.5) is 17.1 Å². The van der Waals surface area contributed by atoms with Crippen molar-refractivity contribution >= 4 is 61.4 Å². The molecule has 1 aliphatic heterocycles. The van der Waals surface area contributed by atoms with Gasteiger partial charge in [0.15, 0.2) is 11.6 Å². The van der Waals surface area contributed by atoms with E-state index in [-0.39, 0.29) is 0 Å². The second kappa shape index (κ2) is 14.5. The molecule has 6 heteroatoms. The van der Waals surface area contributed by atoms with Gasteiger partial charge in [-0.1, -0.05) is 176 Å². The molecule has 0 aliphatic carbocycles. The summed E-state index contributed by atoms with van der Waals surface area (Å²) < 4.78 is 2.23. The molecule has 61 heavy (non-hydrogen) atoms. The van der Waals surface area contributed by atoms with E-state index < -0.39 is 0 Å². The molecule has 12 rings (SSSR count). The fourth-order valence-corrected chi connectivity index (χ4v) is 9.91. The number of nitrogens with zero attached hydrogens (tertiary/aromatic N) is 5. The third-order valence-electron chi connectivity index (χ3n) is 11.6. The normalized spacial score (nSPS) is 12.2. The summed E-state index contributed by atoms with van der Waals surface area (Å²) in [5.41, 5.74) is 12.0. The Morgan fingerprint density at radius 2 is 0.967 bits per heavy atom. The maximum Gasteiger partial charge on any atom is 0.238 e. The summed E-state index contributed by atoms with van der Waals surface area (Å²) in [4.78, 5) is 20.5. The van der Waals surface area contributed by atoms with Gasteiger partial charge in [-0.25, -0.2) is 4.98 Å². The minimum Gasteiger partial charge on any atom is -0.308 e. The van der Waals surface area contributed by atoms with Crippen LogP contribution >= 0.6 is 11.8 Å². The number of fused-ring (bicyclic) bond motifs is 7. The van der Waals surface area contributed by atoms with Gasteiger partial charge in [-0.3, -0.25) is 4.57 Å². The van der Waals surface area contributed by atoms with E-state index in [9.17, 15) is 0 Å². The summed E-state index contributed by atoms with van der Waals surface area (Å²) in [6.45, 7) is 0. The molecule has 2 aromatic heterocycles. The fraction of sp³-hybridized carbons (Fsp3) is 0. The molecule has 0 fully saturated rings. The molecule has 11 aromatic rings. The molecule has 0 saturated carbocycles. The van der Waals surface area contributed by atoms with Crippen LogP contribution in [0.15, 0.2) is 222 Å². The van der Waals surface area contributed by atoms with E-state index in [4.69, 9.17) is 15.0 Å². The molecule has 0 N–H and O–H groups in total. The van der Waals surface area contributed by atoms with Crippen molar-refractivity contribution in [3.63, 3.8) is 0 Å². The number of aromatic nitrogens is 4. The van der Waals surface area contributed by atoms with Crippen molar-refractivity contribution in [2.45, 2.75) is 9.79 Å². The van der Waals surface area contributed by atoms with Crippen molar-refractivity contribution < 1.29 is 0 Å². The molecule has 0 unspecified atom stereocenters. The van der Waals surface area contributed by atoms with Crippen molar-refractivity contribution in [3.8, 4) is 51.0 Å². The molecule has 0 saturated heterocycles. The standard InChI is InChI=1S/C55H35N5S/c1-4-15-36(16-5-1)37-27-29-40(30-28-37)54-56-53(39-18-6-2-7-19-39)57-55(58-54)60-47-25-14-23-44(52(47)51-43-22-11-10-17-38(43)31-34-48(51)60)41-32-33-46-50(35-41)61-49-26-13-12-24-45(49)59(46)42-20-8-3-9-21-42/h1-35H. The lowest BCUT2D eigenvalue weighted by atomic mass is 9.96. The first-order valence-electron chi connectivity index (χ1n) is 20.4. The average Bonchev–Trinajstić information content (AvgIpc) is 3.69. The lowest BCUT2D eigenvalue weighted by Gasteiger charge is -2.33. The van der Waals surface area contributed by atoms with Gasteiger partial charge in [0.25, 0.3) is 0 Å². The maximum atomic E-state index is 5.30. The van der Waals surface area contributed by atoms with Gasteiger partial charge in [-0.05, 0) is 81.6 Å². The van der Waals surface area contributed by atoms with Crippen molar-refractivity contribution in [2.24, 2.45) is 0 Å². The minimum atomic E-state index is 0.569. The zero-order valence-electron chi connectivity index (χ0n) is 32.9. The lowest BCUT2D eigenvalue weighted by molar-refractivity contribution is 0.953. The Kier molecular flexibility index (Phi) is 8.35. The topological polar surface area (TPSA) is 46.8 Å². The SMILES string of the molecule is c1ccc(-c2ccc(-c3nc(-c4ccccc4)nc(-n4c5cccc(-c6ccc7c(c6)Sc6ccccc6N7c6ccccc6)c5c5c6ccccc6ccc54)n3)cc2)cc1. The Hall–Kier alpha value is -7.80. The molecular weight excluding hydrogens is 763 g/mol. The van der Waals surface area contributed by atoms with Crippen molar-refractivity contribution in [1.29, 1.82) is 0 Å². The predicted molar refractivity (Wildman–Crippen MR) is 252 cm³/mol. The molecular formula is C55H35N5S. The van der Waals surface area contributed by atoms with Crippen LogP contribution < -0.4 is 4.90 Å². The third kappa shape index (κ3) is 5.99. The molecule has 286 valence electrons. The summed E-state index contributed by atoms with van der Waals surface area (Å²) in [6, 6.07) is 75.1. The highest BCUT2D eigenvalue weighted by Crippen LogP contribution is 2.53. The van der Waals surface area contributed by atoms with Gasteiger partial charge >= 0.3 is 0 Å². The van der Waals surface area contributed by atoms with Gasteiger partial charge < -0.3 is 4.90 Å². The molecule has 0 spiro atoms. The minimum absolute atomic E-state index is 0.569. The van der Waals surface area contributed by atoms with E-state index in [0.717, 1.165) is 49.9 Å². The van der Waals surface area contributed by atoms with E-state index in [0.29, 0.717) is 17.6 Å². The van der Waals surface area contributed by atoms with Crippen LogP contribution in [0.5, 0.6) is 0 Å². The zero-order chi connectivity index (χ0) is 40.3. The number of benzene rings is 9. The Balaban J connectivity index is 1.08. The summed E-state index contributed by atoms with van der Waals surface area (Å²) in [7, 11) is 0. The number of hydrogen-bond acceptors (Lipinski definition) is 5. The zero-order valence-corrected chi connectivity index (χ0v) is 33.7. The molecule has 0 atom stereocenters. The first-order chi connectivity index (χ1) is 30.2. The summed E-state index contributed by atoms with van der Waals surface area (Å²) >= 11 is 1.83. The molecule has 9 aromatic carbocycles. The van der Waals surface area contributed by atoms with Gasteiger partial charge in [0.2, 0.25) is 5.95 Å². The summed E-state index contributed by atoms with van der Waals surface area (Å²) in [5.74, 6) is 1.81. The highest BCUT2D eigenvalue weighted by molar-refractivity contribution is 7.99. The Morgan fingerprint density at radius 1 is 0.377 bits per heavy atom. The second-order valence-electron chi connectivity index (χ2n) is 15.2. The number of hydrogen-bond donors (Lipinski definition) is 0. The van der Waals surface area contributed by atoms with Gasteiger partial charge in [0, 0.05) is 37.4 Å². The van der Waals surface area contributed by atoms with Gasteiger partial charge in [0.05, 0.1) is 22.4 Å². The summed E-state index contributed by atoms with van der Waals surface area (Å²) in [5, 5.41) is 4.69. The first kappa shape index (κ1) is 35.2. The lowest BCUT2D eigenvalue weighted by Crippen LogP contribution is -2.14. The van der Waals surface area contributed by atoms with Crippen LogP contribution in [0.3, 0.4) is 0 Å². The monoisotopic (exact) mass is 797 g/mol. The molecule has 0 amide bonds. The first-order valence-corrected chi connectivity index (χ1v) is 21.3. The van der Waals surface area contributed by atoms with E-state index in [1.807, 2.05) is 36.0 Å². The number of para-hydroxylation sites is 2. The third-order valence-corrected chi connectivity index (χ3v) is 12.8. The van der Waals surface area contributed by atoms with Crippen LogP contribution in [0, 0.1) is 0 Å². The van der Waals surface area contributed by atoms with E-state index >= 15 is 0 Å². The van der Waals surface area contributed by atoms with Gasteiger partial charge in [0.1, 0.15) is 0 Å². The quantitative estimate of drug-likeness (QED) is 0.168. The van der Waals surface area contributed by atoms with Gasteiger partial charge in [-0.15, -0.1) is 0 Å². The van der Waals surface area contributed by atoms with Crippen LogP contribution in [0.2, 0.25) is 0 Å². The predicted octanol–water partition coefficient (Wildman–Crippen LogP) is 14.7. The molecule has 0 radical (unpaired) electrons. The fourth-order valence-electron chi connectivity index (χ4n) is 8.82. The molecule has 1 aliphatic rings. The molecule has 0 bridgehead atoms. The number of anilines is 3. The molecule has 3 heterocycles. The Bertz CT molecular complexity index is 3440. The summed E-state index contributed by atoms with van der Waals surface area (Å²) in [6.07, 6.45) is 0. The highest BCUT2D eigenvalue weighted by atomic mass is 32.2. The van der Waals surface area contributed by atoms with E-state index in [1.165, 1.54) is 42.9 Å². The number of rotatable bonds is 6. The highest BCUT2D eigenvalue weighted by Gasteiger charge is 2.26. The van der Waals surface area contributed by atoms with E-state index in [1.54, 1.807) is 0 Å². The van der Waals surface area contributed by atoms with Crippen molar-refractivity contribution in [1.82, 2.24) is 19.5 Å². The van der Waals surface area contributed by atoms with Crippen LogP contribution in [0.25, 0.3) is 83.6 Å². The average molecular weight is 798 g/mol. The maximum absolute atomic E-state index is 5.30. The van der Waals surface area contributed by atoms with Crippen molar-refractivity contribution in [3.05, 3.63) is 212 Å². The molecule has 5 nitrogen and oxygen atoms in total. The van der Waals surface area contributed by atoms with Crippen molar-refractivity contribution in [2.75, 3.05) is 4.90 Å². The van der Waals surface area contributed by atoms with Gasteiger partial charge in [-0.2, -0.15) is 9.97 Å².